The molecule has 2 aliphatic rings. The predicted molar refractivity (Wildman–Crippen MR) is 95.6 cm³/mol. The predicted octanol–water partition coefficient (Wildman–Crippen LogP) is 1.81. The van der Waals surface area contributed by atoms with Gasteiger partial charge in [-0.3, -0.25) is 24.6 Å². The van der Waals surface area contributed by atoms with Gasteiger partial charge in [0.1, 0.15) is 12.1 Å². The molecule has 1 aliphatic heterocycles. The standard InChI is InChI=1S/C18H22N4O5/c1-20-17(25)21(16(24)18(20)9-5-2-6-10-18)12-15(23)19-11-13-7-3-4-8-14(13)22(26)27/h3-4,7-8H,2,5-6,9-12H2,1H3,(H,19,23). The zero-order valence-corrected chi connectivity index (χ0v) is 15.1. The van der Waals surface area contributed by atoms with E-state index in [4.69, 9.17) is 0 Å². The van der Waals surface area contributed by atoms with Gasteiger partial charge < -0.3 is 10.2 Å². The molecule has 0 aromatic heterocycles. The van der Waals surface area contributed by atoms with Crippen molar-refractivity contribution >= 4 is 23.5 Å². The van der Waals surface area contributed by atoms with E-state index in [-0.39, 0.29) is 24.7 Å². The lowest BCUT2D eigenvalue weighted by atomic mass is 9.81. The Morgan fingerprint density at radius 1 is 1.22 bits per heavy atom. The monoisotopic (exact) mass is 374 g/mol. The van der Waals surface area contributed by atoms with E-state index in [1.807, 2.05) is 0 Å². The highest BCUT2D eigenvalue weighted by molar-refractivity contribution is 6.08. The summed E-state index contributed by atoms with van der Waals surface area (Å²) in [6.07, 6.45) is 4.01. The van der Waals surface area contributed by atoms with E-state index in [2.05, 4.69) is 5.32 Å². The summed E-state index contributed by atoms with van der Waals surface area (Å²) < 4.78 is 0. The number of nitro benzene ring substituents is 1. The van der Waals surface area contributed by atoms with Crippen LogP contribution in [0.3, 0.4) is 0 Å². The fraction of sp³-hybridized carbons (Fsp3) is 0.500. The summed E-state index contributed by atoms with van der Waals surface area (Å²) in [5, 5.41) is 13.6. The van der Waals surface area contributed by atoms with Gasteiger partial charge in [0.2, 0.25) is 5.91 Å². The maximum Gasteiger partial charge on any atom is 0.327 e. The number of benzene rings is 1. The highest BCUT2D eigenvalue weighted by atomic mass is 16.6. The van der Waals surface area contributed by atoms with Crippen molar-refractivity contribution in [2.24, 2.45) is 0 Å². The van der Waals surface area contributed by atoms with Gasteiger partial charge in [0.15, 0.2) is 0 Å². The number of urea groups is 1. The van der Waals surface area contributed by atoms with E-state index in [1.165, 1.54) is 11.0 Å². The van der Waals surface area contributed by atoms with Crippen molar-refractivity contribution in [2.75, 3.05) is 13.6 Å². The van der Waals surface area contributed by atoms with E-state index in [0.29, 0.717) is 18.4 Å². The quantitative estimate of drug-likeness (QED) is 0.480. The first kappa shape index (κ1) is 18.8. The molecule has 1 spiro atoms. The van der Waals surface area contributed by atoms with Crippen LogP contribution in [0, 0.1) is 10.1 Å². The Bertz CT molecular complexity index is 788. The number of carbonyl (C=O) groups excluding carboxylic acids is 3. The Morgan fingerprint density at radius 2 is 1.89 bits per heavy atom. The summed E-state index contributed by atoms with van der Waals surface area (Å²) in [5.41, 5.74) is -0.559. The van der Waals surface area contributed by atoms with Crippen molar-refractivity contribution in [3.63, 3.8) is 0 Å². The number of hydrogen-bond acceptors (Lipinski definition) is 5. The second-order valence-electron chi connectivity index (χ2n) is 6.99. The first-order chi connectivity index (χ1) is 12.9. The number of nitro groups is 1. The van der Waals surface area contributed by atoms with Crippen LogP contribution < -0.4 is 5.32 Å². The Morgan fingerprint density at radius 3 is 2.56 bits per heavy atom. The Hall–Kier alpha value is -2.97. The number of rotatable bonds is 5. The molecular formula is C18H22N4O5. The number of likely N-dealkylation sites (N-methyl/N-ethyl adjacent to an activating group) is 1. The summed E-state index contributed by atoms with van der Waals surface area (Å²) in [7, 11) is 1.61. The molecule has 2 fully saturated rings. The van der Waals surface area contributed by atoms with E-state index in [9.17, 15) is 24.5 Å². The van der Waals surface area contributed by atoms with Gasteiger partial charge in [0, 0.05) is 25.2 Å². The van der Waals surface area contributed by atoms with Crippen LogP contribution in [-0.2, 0) is 16.1 Å². The molecule has 0 bridgehead atoms. The zero-order valence-electron chi connectivity index (χ0n) is 15.1. The normalized spacial score (nSPS) is 18.9. The van der Waals surface area contributed by atoms with Gasteiger partial charge in [-0.25, -0.2) is 4.79 Å². The van der Waals surface area contributed by atoms with Crippen molar-refractivity contribution in [3.05, 3.63) is 39.9 Å². The number of nitrogens with zero attached hydrogens (tertiary/aromatic N) is 3. The number of carbonyl (C=O) groups is 3. The van der Waals surface area contributed by atoms with Crippen LogP contribution in [0.5, 0.6) is 0 Å². The molecule has 4 amide bonds. The maximum absolute atomic E-state index is 12.9. The summed E-state index contributed by atoms with van der Waals surface area (Å²) in [6.45, 7) is -0.433. The van der Waals surface area contributed by atoms with Crippen molar-refractivity contribution in [3.8, 4) is 0 Å². The number of amides is 4. The van der Waals surface area contributed by atoms with Gasteiger partial charge in [-0.05, 0) is 12.8 Å². The number of imide groups is 1. The fourth-order valence-electron chi connectivity index (χ4n) is 3.90. The van der Waals surface area contributed by atoms with Gasteiger partial charge in [0.05, 0.1) is 4.92 Å². The van der Waals surface area contributed by atoms with Crippen LogP contribution in [0.1, 0.15) is 37.7 Å². The highest BCUT2D eigenvalue weighted by Gasteiger charge is 2.55. The number of hydrogen-bond donors (Lipinski definition) is 1. The molecule has 1 heterocycles. The first-order valence-electron chi connectivity index (χ1n) is 8.95. The molecule has 27 heavy (non-hydrogen) atoms. The maximum atomic E-state index is 12.9. The van der Waals surface area contributed by atoms with Gasteiger partial charge in [-0.15, -0.1) is 0 Å². The first-order valence-corrected chi connectivity index (χ1v) is 8.95. The Kier molecular flexibility index (Phi) is 5.11. The average Bonchev–Trinajstić information content (AvgIpc) is 2.83. The molecule has 1 aromatic rings. The minimum absolute atomic E-state index is 0.0484. The fourth-order valence-corrected chi connectivity index (χ4v) is 3.90. The zero-order chi connectivity index (χ0) is 19.6. The Balaban J connectivity index is 1.65. The molecular weight excluding hydrogens is 352 g/mol. The molecule has 0 unspecified atom stereocenters. The van der Waals surface area contributed by atoms with Crippen LogP contribution in [0.2, 0.25) is 0 Å². The molecule has 3 rings (SSSR count). The van der Waals surface area contributed by atoms with Crippen LogP contribution in [0.4, 0.5) is 10.5 Å². The van der Waals surface area contributed by atoms with Crippen molar-refractivity contribution in [2.45, 2.75) is 44.2 Å². The SMILES string of the molecule is CN1C(=O)N(CC(=O)NCc2ccccc2[N+](=O)[O-])C(=O)C12CCCCC2. The van der Waals surface area contributed by atoms with Crippen molar-refractivity contribution < 1.29 is 19.3 Å². The van der Waals surface area contributed by atoms with E-state index >= 15 is 0 Å². The van der Waals surface area contributed by atoms with Gasteiger partial charge >= 0.3 is 6.03 Å². The van der Waals surface area contributed by atoms with Crippen LogP contribution in [0.15, 0.2) is 24.3 Å². The van der Waals surface area contributed by atoms with E-state index in [1.54, 1.807) is 25.2 Å². The third-order valence-corrected chi connectivity index (χ3v) is 5.45. The second-order valence-corrected chi connectivity index (χ2v) is 6.99. The lowest BCUT2D eigenvalue weighted by Crippen LogP contribution is -2.49. The molecule has 1 N–H and O–H groups in total. The lowest BCUT2D eigenvalue weighted by molar-refractivity contribution is -0.385. The number of nitrogens with one attached hydrogen (secondary N) is 1. The van der Waals surface area contributed by atoms with Crippen LogP contribution in [0.25, 0.3) is 0 Å². The van der Waals surface area contributed by atoms with Crippen molar-refractivity contribution in [1.29, 1.82) is 0 Å². The summed E-state index contributed by atoms with van der Waals surface area (Å²) >= 11 is 0. The smallest absolute Gasteiger partial charge is 0.327 e. The van der Waals surface area contributed by atoms with Crippen LogP contribution >= 0.6 is 0 Å². The van der Waals surface area contributed by atoms with E-state index in [0.717, 1.165) is 24.2 Å². The molecule has 144 valence electrons. The van der Waals surface area contributed by atoms with Crippen molar-refractivity contribution in [1.82, 2.24) is 15.1 Å². The molecule has 1 aromatic carbocycles. The van der Waals surface area contributed by atoms with Crippen LogP contribution in [-0.4, -0.2) is 51.7 Å². The molecule has 9 heteroatoms. The minimum Gasteiger partial charge on any atom is -0.350 e. The molecule has 0 radical (unpaired) electrons. The molecule has 1 saturated heterocycles. The van der Waals surface area contributed by atoms with Gasteiger partial charge in [0.25, 0.3) is 11.6 Å². The average molecular weight is 374 g/mol. The third-order valence-electron chi connectivity index (χ3n) is 5.45. The minimum atomic E-state index is -0.826. The summed E-state index contributed by atoms with van der Waals surface area (Å²) in [4.78, 5) is 50.6. The lowest BCUT2D eigenvalue weighted by Gasteiger charge is -2.35. The second kappa shape index (κ2) is 7.34. The number of para-hydroxylation sites is 1. The molecule has 1 aliphatic carbocycles. The summed E-state index contributed by atoms with van der Waals surface area (Å²) in [6, 6.07) is 5.63. The summed E-state index contributed by atoms with van der Waals surface area (Å²) in [5.74, 6) is -0.855. The highest BCUT2D eigenvalue weighted by Crippen LogP contribution is 2.39. The van der Waals surface area contributed by atoms with Gasteiger partial charge in [-0.1, -0.05) is 37.5 Å². The topological polar surface area (TPSA) is 113 Å². The third kappa shape index (κ3) is 3.36. The van der Waals surface area contributed by atoms with Gasteiger partial charge in [-0.2, -0.15) is 0 Å². The van der Waals surface area contributed by atoms with E-state index < -0.39 is 22.4 Å². The molecule has 0 atom stereocenters. The molecule has 1 saturated carbocycles. The largest absolute Gasteiger partial charge is 0.350 e. The molecule has 9 nitrogen and oxygen atoms in total. The Labute approximate surface area is 156 Å².